The smallest absolute Gasteiger partial charge is 0.255 e. The van der Waals surface area contributed by atoms with Crippen molar-refractivity contribution in [3.8, 4) is 11.5 Å². The molecule has 3 N–H and O–H groups in total. The highest BCUT2D eigenvalue weighted by atomic mass is 16.5. The fourth-order valence-electron chi connectivity index (χ4n) is 2.01. The molecular formula is C16H18N2O3. The molecule has 21 heavy (non-hydrogen) atoms. The Labute approximate surface area is 123 Å². The Kier molecular flexibility index (Phi) is 4.79. The van der Waals surface area contributed by atoms with Crippen LogP contribution in [0.3, 0.4) is 0 Å². The monoisotopic (exact) mass is 286 g/mol. The summed E-state index contributed by atoms with van der Waals surface area (Å²) in [5.41, 5.74) is 2.10. The number of anilines is 1. The number of methoxy groups -OCH3 is 1. The Morgan fingerprint density at radius 2 is 2.00 bits per heavy atom. The van der Waals surface area contributed by atoms with Crippen LogP contribution in [-0.2, 0) is 6.54 Å². The van der Waals surface area contributed by atoms with Crippen molar-refractivity contribution in [3.63, 3.8) is 0 Å². The van der Waals surface area contributed by atoms with Crippen LogP contribution in [0.1, 0.15) is 15.9 Å². The van der Waals surface area contributed by atoms with E-state index >= 15 is 0 Å². The topological polar surface area (TPSA) is 70.6 Å². The van der Waals surface area contributed by atoms with E-state index in [4.69, 9.17) is 4.74 Å². The molecular weight excluding hydrogens is 268 g/mol. The maximum absolute atomic E-state index is 12.2. The van der Waals surface area contributed by atoms with Crippen LogP contribution in [0.5, 0.6) is 11.5 Å². The molecule has 0 aliphatic heterocycles. The summed E-state index contributed by atoms with van der Waals surface area (Å²) in [7, 11) is 3.31. The maximum atomic E-state index is 12.2. The number of amides is 1. The van der Waals surface area contributed by atoms with E-state index in [2.05, 4.69) is 10.6 Å². The lowest BCUT2D eigenvalue weighted by atomic mass is 10.1. The molecule has 5 heteroatoms. The van der Waals surface area contributed by atoms with Crippen LogP contribution in [0.15, 0.2) is 42.5 Å². The van der Waals surface area contributed by atoms with E-state index < -0.39 is 0 Å². The zero-order valence-corrected chi connectivity index (χ0v) is 12.0. The van der Waals surface area contributed by atoms with Crippen molar-refractivity contribution >= 4 is 11.6 Å². The maximum Gasteiger partial charge on any atom is 0.255 e. The van der Waals surface area contributed by atoms with E-state index in [0.717, 1.165) is 11.3 Å². The fraction of sp³-hybridized carbons (Fsp3) is 0.188. The zero-order valence-electron chi connectivity index (χ0n) is 12.0. The molecule has 0 spiro atoms. The van der Waals surface area contributed by atoms with E-state index in [9.17, 15) is 9.90 Å². The lowest BCUT2D eigenvalue weighted by Gasteiger charge is -2.11. The molecule has 0 saturated carbocycles. The number of phenols is 1. The normalized spacial score (nSPS) is 10.2. The molecule has 0 bridgehead atoms. The molecule has 0 atom stereocenters. The van der Waals surface area contributed by atoms with Gasteiger partial charge in [-0.15, -0.1) is 0 Å². The summed E-state index contributed by atoms with van der Waals surface area (Å²) in [6.07, 6.45) is 0. The first-order chi connectivity index (χ1) is 10.2. The second-order valence-corrected chi connectivity index (χ2v) is 4.53. The van der Waals surface area contributed by atoms with E-state index in [1.165, 1.54) is 13.2 Å². The van der Waals surface area contributed by atoms with Crippen molar-refractivity contribution in [3.05, 3.63) is 53.6 Å². The minimum absolute atomic E-state index is 0.0614. The summed E-state index contributed by atoms with van der Waals surface area (Å²) >= 11 is 0. The molecule has 0 unspecified atom stereocenters. The molecule has 0 aliphatic rings. The largest absolute Gasteiger partial charge is 0.504 e. The summed E-state index contributed by atoms with van der Waals surface area (Å²) in [4.78, 5) is 12.2. The van der Waals surface area contributed by atoms with Crippen LogP contribution in [0.25, 0.3) is 0 Å². The summed E-state index contributed by atoms with van der Waals surface area (Å²) in [5.74, 6) is -0.00713. The summed E-state index contributed by atoms with van der Waals surface area (Å²) in [6, 6.07) is 12.1. The average Bonchev–Trinajstić information content (AvgIpc) is 2.49. The van der Waals surface area contributed by atoms with Gasteiger partial charge in [0.2, 0.25) is 0 Å². The number of ether oxygens (including phenoxy) is 1. The van der Waals surface area contributed by atoms with E-state index in [1.807, 2.05) is 31.3 Å². The predicted molar refractivity (Wildman–Crippen MR) is 81.8 cm³/mol. The van der Waals surface area contributed by atoms with Crippen LogP contribution < -0.4 is 15.4 Å². The number of nitrogens with one attached hydrogen (secondary N) is 2. The quantitative estimate of drug-likeness (QED) is 0.789. The third kappa shape index (κ3) is 3.52. The minimum Gasteiger partial charge on any atom is -0.504 e. The lowest BCUT2D eigenvalue weighted by molar-refractivity contribution is 0.102. The van der Waals surface area contributed by atoms with Crippen molar-refractivity contribution in [1.82, 2.24) is 5.32 Å². The van der Waals surface area contributed by atoms with Gasteiger partial charge >= 0.3 is 0 Å². The minimum atomic E-state index is -0.281. The van der Waals surface area contributed by atoms with E-state index in [0.29, 0.717) is 17.9 Å². The molecule has 0 fully saturated rings. The Morgan fingerprint density at radius 3 is 2.67 bits per heavy atom. The SMILES string of the molecule is CNCc1ccccc1NC(=O)c1ccc(OC)c(O)c1. The molecule has 2 rings (SSSR count). The molecule has 0 aromatic heterocycles. The number of aromatic hydroxyl groups is 1. The van der Waals surface area contributed by atoms with Crippen molar-refractivity contribution in [2.45, 2.75) is 6.54 Å². The van der Waals surface area contributed by atoms with E-state index in [1.54, 1.807) is 12.1 Å². The van der Waals surface area contributed by atoms with Gasteiger partial charge in [-0.05, 0) is 36.9 Å². The van der Waals surface area contributed by atoms with E-state index in [-0.39, 0.29) is 11.7 Å². The first kappa shape index (κ1) is 14.9. The highest BCUT2D eigenvalue weighted by Crippen LogP contribution is 2.26. The van der Waals surface area contributed by atoms with Crippen molar-refractivity contribution in [2.75, 3.05) is 19.5 Å². The molecule has 2 aromatic rings. The van der Waals surface area contributed by atoms with Gasteiger partial charge in [-0.1, -0.05) is 18.2 Å². The number of carbonyl (C=O) groups excluding carboxylic acids is 1. The average molecular weight is 286 g/mol. The lowest BCUT2D eigenvalue weighted by Crippen LogP contribution is -2.15. The Bertz CT molecular complexity index is 641. The number of hydrogen-bond donors (Lipinski definition) is 3. The van der Waals surface area contributed by atoms with Crippen molar-refractivity contribution in [1.29, 1.82) is 0 Å². The van der Waals surface area contributed by atoms with Gasteiger partial charge in [-0.25, -0.2) is 0 Å². The molecule has 0 aliphatic carbocycles. The van der Waals surface area contributed by atoms with Crippen LogP contribution in [0.2, 0.25) is 0 Å². The number of carbonyl (C=O) groups is 1. The summed E-state index contributed by atoms with van der Waals surface area (Å²) in [5, 5.41) is 15.6. The van der Waals surface area contributed by atoms with Gasteiger partial charge in [-0.3, -0.25) is 4.79 Å². The Hall–Kier alpha value is -2.53. The fourth-order valence-corrected chi connectivity index (χ4v) is 2.01. The van der Waals surface area contributed by atoms with Gasteiger partial charge < -0.3 is 20.5 Å². The Morgan fingerprint density at radius 1 is 1.24 bits per heavy atom. The molecule has 5 nitrogen and oxygen atoms in total. The van der Waals surface area contributed by atoms with Gasteiger partial charge in [0, 0.05) is 17.8 Å². The van der Waals surface area contributed by atoms with Gasteiger partial charge in [0.25, 0.3) is 5.91 Å². The van der Waals surface area contributed by atoms with Gasteiger partial charge in [0.1, 0.15) is 0 Å². The number of benzene rings is 2. The van der Waals surface area contributed by atoms with Crippen LogP contribution in [0.4, 0.5) is 5.69 Å². The zero-order chi connectivity index (χ0) is 15.2. The van der Waals surface area contributed by atoms with Crippen molar-refractivity contribution in [2.24, 2.45) is 0 Å². The van der Waals surface area contributed by atoms with Gasteiger partial charge in [-0.2, -0.15) is 0 Å². The summed E-state index contributed by atoms with van der Waals surface area (Å²) < 4.78 is 4.96. The molecule has 2 aromatic carbocycles. The molecule has 0 heterocycles. The molecule has 0 saturated heterocycles. The first-order valence-electron chi connectivity index (χ1n) is 6.56. The third-order valence-corrected chi connectivity index (χ3v) is 3.07. The number of hydrogen-bond acceptors (Lipinski definition) is 4. The number of phenolic OH excluding ortho intramolecular Hbond substituents is 1. The van der Waals surface area contributed by atoms with Crippen LogP contribution in [-0.4, -0.2) is 25.2 Å². The highest BCUT2D eigenvalue weighted by molar-refractivity contribution is 6.05. The van der Waals surface area contributed by atoms with Crippen molar-refractivity contribution < 1.29 is 14.6 Å². The van der Waals surface area contributed by atoms with Crippen LogP contribution >= 0.6 is 0 Å². The first-order valence-corrected chi connectivity index (χ1v) is 6.56. The highest BCUT2D eigenvalue weighted by Gasteiger charge is 2.11. The van der Waals surface area contributed by atoms with Gasteiger partial charge in [0.15, 0.2) is 11.5 Å². The molecule has 110 valence electrons. The molecule has 1 amide bonds. The standard InChI is InChI=1S/C16H18N2O3/c1-17-10-12-5-3-4-6-13(12)18-16(20)11-7-8-15(21-2)14(19)9-11/h3-9,17,19H,10H2,1-2H3,(H,18,20). The van der Waals surface area contributed by atoms with Gasteiger partial charge in [0.05, 0.1) is 7.11 Å². The van der Waals surface area contributed by atoms with Crippen LogP contribution in [0, 0.1) is 0 Å². The summed E-state index contributed by atoms with van der Waals surface area (Å²) in [6.45, 7) is 0.657. The third-order valence-electron chi connectivity index (χ3n) is 3.07. The molecule has 0 radical (unpaired) electrons. The second-order valence-electron chi connectivity index (χ2n) is 4.53. The second kappa shape index (κ2) is 6.76. The Balaban J connectivity index is 2.20. The number of rotatable bonds is 5. The predicted octanol–water partition coefficient (Wildman–Crippen LogP) is 2.37. The number of para-hydroxylation sites is 1.